The number of hydrogen-bond donors (Lipinski definition) is 2. The molecule has 5 nitrogen and oxygen atoms in total. The molecule has 2 atom stereocenters. The van der Waals surface area contributed by atoms with Crippen molar-refractivity contribution in [3.8, 4) is 11.5 Å². The molecule has 2 aromatic carbocycles. The van der Waals surface area contributed by atoms with Crippen molar-refractivity contribution in [2.24, 2.45) is 5.92 Å². The highest BCUT2D eigenvalue weighted by Crippen LogP contribution is 2.34. The summed E-state index contributed by atoms with van der Waals surface area (Å²) >= 11 is 0. The predicted molar refractivity (Wildman–Crippen MR) is 128 cm³/mol. The lowest BCUT2D eigenvalue weighted by atomic mass is 9.96. The first-order valence-corrected chi connectivity index (χ1v) is 12.2. The van der Waals surface area contributed by atoms with Gasteiger partial charge in [0.2, 0.25) is 5.91 Å². The number of carbonyl (C=O) groups is 1. The maximum absolute atomic E-state index is 13.0. The van der Waals surface area contributed by atoms with Gasteiger partial charge in [-0.15, -0.1) is 0 Å². The molecule has 1 saturated heterocycles. The second kappa shape index (κ2) is 11.4. The molecule has 32 heavy (non-hydrogen) atoms. The molecule has 2 aromatic rings. The van der Waals surface area contributed by atoms with E-state index in [1.165, 1.54) is 24.9 Å². The van der Waals surface area contributed by atoms with Crippen LogP contribution in [0.25, 0.3) is 0 Å². The van der Waals surface area contributed by atoms with Crippen molar-refractivity contribution in [2.75, 3.05) is 32.1 Å². The number of nitrogens with one attached hydrogen (secondary N) is 2. The normalized spacial score (nSPS) is 21.3. The first-order valence-electron chi connectivity index (χ1n) is 12.2. The number of anilines is 1. The molecular weight excluding hydrogens is 400 g/mol. The molecule has 2 fully saturated rings. The summed E-state index contributed by atoms with van der Waals surface area (Å²) in [5.74, 6) is 1.65. The number of likely N-dealkylation sites (tertiary alicyclic amines) is 1. The first-order chi connectivity index (χ1) is 15.7. The molecule has 1 amide bonds. The van der Waals surface area contributed by atoms with Gasteiger partial charge in [0, 0.05) is 18.2 Å². The van der Waals surface area contributed by atoms with Crippen LogP contribution in [0.4, 0.5) is 5.69 Å². The number of carbonyl (C=O) groups excluding carboxylic acids is 1. The summed E-state index contributed by atoms with van der Waals surface area (Å²) in [7, 11) is 1.66. The summed E-state index contributed by atoms with van der Waals surface area (Å²) in [6.45, 7) is 3.21. The smallest absolute Gasteiger partial charge is 0.233 e. The molecular formula is C27H37N2O3+. The van der Waals surface area contributed by atoms with Crippen LogP contribution in [-0.4, -0.2) is 38.8 Å². The molecule has 0 aromatic heterocycles. The van der Waals surface area contributed by atoms with Crippen molar-refractivity contribution in [1.29, 1.82) is 0 Å². The van der Waals surface area contributed by atoms with Crippen molar-refractivity contribution >= 4 is 11.6 Å². The number of amides is 1. The van der Waals surface area contributed by atoms with Crippen LogP contribution in [0.15, 0.2) is 48.5 Å². The van der Waals surface area contributed by atoms with Gasteiger partial charge in [0.1, 0.15) is 0 Å². The number of piperidine rings is 1. The zero-order valence-corrected chi connectivity index (χ0v) is 19.3. The highest BCUT2D eigenvalue weighted by molar-refractivity contribution is 5.93. The highest BCUT2D eigenvalue weighted by atomic mass is 16.5. The van der Waals surface area contributed by atoms with Crippen molar-refractivity contribution in [3.63, 3.8) is 0 Å². The molecule has 2 aliphatic rings. The lowest BCUT2D eigenvalue weighted by Gasteiger charge is -2.29. The summed E-state index contributed by atoms with van der Waals surface area (Å²) in [5, 5.41) is 3.14. The number of benzene rings is 2. The van der Waals surface area contributed by atoms with E-state index in [0.29, 0.717) is 0 Å². The molecule has 4 rings (SSSR count). The number of hydrogen-bond acceptors (Lipinski definition) is 3. The van der Waals surface area contributed by atoms with Gasteiger partial charge in [-0.2, -0.15) is 0 Å². The molecule has 0 spiro atoms. The van der Waals surface area contributed by atoms with E-state index in [9.17, 15) is 4.79 Å². The highest BCUT2D eigenvalue weighted by Gasteiger charge is 2.28. The van der Waals surface area contributed by atoms with E-state index < -0.39 is 0 Å². The van der Waals surface area contributed by atoms with Crippen LogP contribution in [0.5, 0.6) is 11.5 Å². The fraction of sp³-hybridized carbons (Fsp3) is 0.519. The number of methoxy groups -OCH3 is 1. The summed E-state index contributed by atoms with van der Waals surface area (Å²) in [6, 6.07) is 16.4. The second-order valence-electron chi connectivity index (χ2n) is 9.26. The van der Waals surface area contributed by atoms with Gasteiger partial charge in [0.05, 0.1) is 38.8 Å². The van der Waals surface area contributed by atoms with Crippen LogP contribution in [0.2, 0.25) is 0 Å². The van der Waals surface area contributed by atoms with Crippen LogP contribution >= 0.6 is 0 Å². The molecule has 5 heteroatoms. The molecule has 2 unspecified atom stereocenters. The van der Waals surface area contributed by atoms with Crippen molar-refractivity contribution in [2.45, 2.75) is 57.5 Å². The average molecular weight is 438 g/mol. The molecule has 1 aliphatic heterocycles. The molecule has 172 valence electrons. The third-order valence-electron chi connectivity index (χ3n) is 6.85. The van der Waals surface area contributed by atoms with Gasteiger partial charge in [-0.25, -0.2) is 0 Å². The van der Waals surface area contributed by atoms with Crippen molar-refractivity contribution in [1.82, 2.24) is 0 Å². The summed E-state index contributed by atoms with van der Waals surface area (Å²) in [4.78, 5) is 14.6. The van der Waals surface area contributed by atoms with Gasteiger partial charge < -0.3 is 19.7 Å². The van der Waals surface area contributed by atoms with Gasteiger partial charge in [0.25, 0.3) is 0 Å². The fourth-order valence-electron chi connectivity index (χ4n) is 5.07. The van der Waals surface area contributed by atoms with Crippen LogP contribution in [0.3, 0.4) is 0 Å². The Hall–Kier alpha value is -2.53. The van der Waals surface area contributed by atoms with E-state index in [0.717, 1.165) is 68.8 Å². The topological polar surface area (TPSA) is 52.0 Å². The van der Waals surface area contributed by atoms with Crippen LogP contribution in [0, 0.1) is 5.92 Å². The van der Waals surface area contributed by atoms with Gasteiger partial charge in [-0.1, -0.05) is 30.3 Å². The average Bonchev–Trinajstić information content (AvgIpc) is 3.33. The molecule has 0 radical (unpaired) electrons. The maximum atomic E-state index is 13.0. The number of quaternary nitrogens is 1. The van der Waals surface area contributed by atoms with Crippen molar-refractivity contribution in [3.05, 3.63) is 54.1 Å². The quantitative estimate of drug-likeness (QED) is 0.626. The third kappa shape index (κ3) is 6.26. The Kier molecular flexibility index (Phi) is 8.05. The summed E-state index contributed by atoms with van der Waals surface area (Å²) < 4.78 is 11.7. The van der Waals surface area contributed by atoms with Crippen LogP contribution < -0.4 is 19.7 Å². The van der Waals surface area contributed by atoms with Crippen LogP contribution in [0.1, 0.15) is 50.5 Å². The Morgan fingerprint density at radius 3 is 2.62 bits per heavy atom. The van der Waals surface area contributed by atoms with Gasteiger partial charge in [-0.05, 0) is 62.6 Å². The zero-order chi connectivity index (χ0) is 22.2. The Labute approximate surface area is 192 Å². The van der Waals surface area contributed by atoms with Gasteiger partial charge in [-0.3, -0.25) is 4.79 Å². The van der Waals surface area contributed by atoms with Gasteiger partial charge in [0.15, 0.2) is 11.5 Å². The summed E-state index contributed by atoms with van der Waals surface area (Å²) in [6.07, 6.45) is 9.21. The monoisotopic (exact) mass is 437 g/mol. The van der Waals surface area contributed by atoms with E-state index in [2.05, 4.69) is 35.6 Å². The van der Waals surface area contributed by atoms with E-state index in [1.807, 2.05) is 18.2 Å². The Bertz CT molecular complexity index is 864. The summed E-state index contributed by atoms with van der Waals surface area (Å²) in [5.41, 5.74) is 2.19. The standard InChI is InChI=1S/C27H36N2O3/c1-31-25-16-15-23(19-26(25)32-24-13-5-6-14-24)28-27(30)22-12-8-18-29(20-22)17-7-11-21-9-3-2-4-10-21/h2-4,9-10,15-16,19,22,24H,5-8,11-14,17-18,20H2,1H3,(H,28,30)/p+1. The minimum absolute atomic E-state index is 0.0665. The molecule has 1 saturated carbocycles. The minimum Gasteiger partial charge on any atom is -0.493 e. The van der Waals surface area contributed by atoms with Gasteiger partial charge >= 0.3 is 0 Å². The SMILES string of the molecule is COc1ccc(NC(=O)C2CCC[NH+](CCCc3ccccc3)C2)cc1OC1CCCC1. The molecule has 2 N–H and O–H groups in total. The first kappa shape index (κ1) is 22.7. The maximum Gasteiger partial charge on any atom is 0.233 e. The molecule has 1 aliphatic carbocycles. The molecule has 0 bridgehead atoms. The van der Waals surface area contributed by atoms with E-state index in [-0.39, 0.29) is 17.9 Å². The number of ether oxygens (including phenoxy) is 2. The Balaban J connectivity index is 1.29. The van der Waals surface area contributed by atoms with E-state index in [4.69, 9.17) is 9.47 Å². The lowest BCUT2D eigenvalue weighted by molar-refractivity contribution is -0.907. The number of rotatable bonds is 9. The fourth-order valence-corrected chi connectivity index (χ4v) is 5.07. The largest absolute Gasteiger partial charge is 0.493 e. The lowest BCUT2D eigenvalue weighted by Crippen LogP contribution is -3.13. The second-order valence-corrected chi connectivity index (χ2v) is 9.26. The minimum atomic E-state index is 0.0665. The van der Waals surface area contributed by atoms with Crippen molar-refractivity contribution < 1.29 is 19.2 Å². The molecule has 1 heterocycles. The Morgan fingerprint density at radius 1 is 1.03 bits per heavy atom. The van der Waals surface area contributed by atoms with Crippen LogP contribution in [-0.2, 0) is 11.2 Å². The van der Waals surface area contributed by atoms with E-state index in [1.54, 1.807) is 12.0 Å². The van der Waals surface area contributed by atoms with E-state index >= 15 is 0 Å². The predicted octanol–water partition coefficient (Wildman–Crippen LogP) is 3.88. The zero-order valence-electron chi connectivity index (χ0n) is 19.3. The Morgan fingerprint density at radius 2 is 1.84 bits per heavy atom. The third-order valence-corrected chi connectivity index (χ3v) is 6.85. The number of aryl methyl sites for hydroxylation is 1.